The molecule has 0 aromatic rings. The average molecular weight is 243 g/mol. The SMILES string of the molecule is CC1=CCN(S(=O)(=O)CCC(F)(F)F)C1. The van der Waals surface area contributed by atoms with E-state index in [1.807, 2.05) is 0 Å². The molecule has 0 aromatic carbocycles. The van der Waals surface area contributed by atoms with Crippen LogP contribution < -0.4 is 0 Å². The van der Waals surface area contributed by atoms with E-state index in [1.54, 1.807) is 13.0 Å². The highest BCUT2D eigenvalue weighted by atomic mass is 32.2. The van der Waals surface area contributed by atoms with E-state index in [1.165, 1.54) is 0 Å². The normalized spacial score (nSPS) is 19.3. The fourth-order valence-corrected chi connectivity index (χ4v) is 2.70. The second-order valence-electron chi connectivity index (χ2n) is 3.52. The van der Waals surface area contributed by atoms with E-state index < -0.39 is 28.4 Å². The van der Waals surface area contributed by atoms with Gasteiger partial charge in [0.1, 0.15) is 0 Å². The summed E-state index contributed by atoms with van der Waals surface area (Å²) >= 11 is 0. The molecule has 0 aromatic heterocycles. The lowest BCUT2D eigenvalue weighted by Crippen LogP contribution is -2.32. The van der Waals surface area contributed by atoms with E-state index in [2.05, 4.69) is 0 Å². The fourth-order valence-electron chi connectivity index (χ4n) is 1.25. The van der Waals surface area contributed by atoms with Gasteiger partial charge in [-0.25, -0.2) is 8.42 Å². The Labute approximate surface area is 86.6 Å². The van der Waals surface area contributed by atoms with Crippen LogP contribution in [0.4, 0.5) is 13.2 Å². The van der Waals surface area contributed by atoms with Crippen LogP contribution in [0.2, 0.25) is 0 Å². The number of sulfonamides is 1. The van der Waals surface area contributed by atoms with E-state index in [9.17, 15) is 21.6 Å². The minimum atomic E-state index is -4.42. The molecule has 0 amide bonds. The van der Waals surface area contributed by atoms with E-state index in [0.29, 0.717) is 0 Å². The van der Waals surface area contributed by atoms with Crippen LogP contribution in [0.25, 0.3) is 0 Å². The average Bonchev–Trinajstić information content (AvgIpc) is 2.48. The van der Waals surface area contributed by atoms with Crippen molar-refractivity contribution < 1.29 is 21.6 Å². The predicted octanol–water partition coefficient (Wildman–Crippen LogP) is 1.53. The molecule has 1 aliphatic heterocycles. The third-order valence-corrected chi connectivity index (χ3v) is 3.89. The maximum atomic E-state index is 11.9. The van der Waals surface area contributed by atoms with Crippen molar-refractivity contribution in [2.75, 3.05) is 18.8 Å². The molecule has 15 heavy (non-hydrogen) atoms. The molecule has 0 saturated carbocycles. The molecule has 88 valence electrons. The molecule has 0 unspecified atom stereocenters. The van der Waals surface area contributed by atoms with Gasteiger partial charge in [0.25, 0.3) is 0 Å². The first kappa shape index (κ1) is 12.5. The summed E-state index contributed by atoms with van der Waals surface area (Å²) in [7, 11) is -3.76. The Morgan fingerprint density at radius 2 is 2.07 bits per heavy atom. The van der Waals surface area contributed by atoms with Gasteiger partial charge in [0.05, 0.1) is 12.2 Å². The van der Waals surface area contributed by atoms with Crippen molar-refractivity contribution in [2.24, 2.45) is 0 Å². The lowest BCUT2D eigenvalue weighted by atomic mass is 10.3. The predicted molar refractivity (Wildman–Crippen MR) is 49.8 cm³/mol. The molecule has 0 atom stereocenters. The van der Waals surface area contributed by atoms with Crippen LogP contribution in [-0.4, -0.2) is 37.7 Å². The van der Waals surface area contributed by atoms with E-state index in [0.717, 1.165) is 9.88 Å². The first-order valence-electron chi connectivity index (χ1n) is 4.41. The molecule has 0 aliphatic carbocycles. The van der Waals surface area contributed by atoms with Crippen molar-refractivity contribution in [3.8, 4) is 0 Å². The second-order valence-corrected chi connectivity index (χ2v) is 5.61. The lowest BCUT2D eigenvalue weighted by Gasteiger charge is -2.16. The minimum Gasteiger partial charge on any atom is -0.212 e. The van der Waals surface area contributed by atoms with Gasteiger partial charge >= 0.3 is 6.18 Å². The molecule has 0 saturated heterocycles. The van der Waals surface area contributed by atoms with Gasteiger partial charge in [0.15, 0.2) is 0 Å². The summed E-state index contributed by atoms with van der Waals surface area (Å²) in [4.78, 5) is 0. The van der Waals surface area contributed by atoms with Crippen LogP contribution in [0, 0.1) is 0 Å². The molecule has 0 fully saturated rings. The van der Waals surface area contributed by atoms with Crippen molar-refractivity contribution in [2.45, 2.75) is 19.5 Å². The molecule has 3 nitrogen and oxygen atoms in total. The Kier molecular flexibility index (Phi) is 3.44. The summed E-state index contributed by atoms with van der Waals surface area (Å²) < 4.78 is 59.5. The lowest BCUT2D eigenvalue weighted by molar-refractivity contribution is -0.130. The fraction of sp³-hybridized carbons (Fsp3) is 0.750. The van der Waals surface area contributed by atoms with Crippen molar-refractivity contribution in [1.82, 2.24) is 4.31 Å². The number of hydrogen-bond acceptors (Lipinski definition) is 2. The zero-order chi connectivity index (χ0) is 11.7. The maximum absolute atomic E-state index is 11.9. The van der Waals surface area contributed by atoms with E-state index in [-0.39, 0.29) is 13.1 Å². The van der Waals surface area contributed by atoms with Gasteiger partial charge in [-0.15, -0.1) is 0 Å². The van der Waals surface area contributed by atoms with Crippen LogP contribution >= 0.6 is 0 Å². The van der Waals surface area contributed by atoms with Gasteiger partial charge in [0, 0.05) is 13.1 Å². The highest BCUT2D eigenvalue weighted by Gasteiger charge is 2.33. The van der Waals surface area contributed by atoms with Gasteiger partial charge in [-0.1, -0.05) is 11.6 Å². The minimum absolute atomic E-state index is 0.187. The van der Waals surface area contributed by atoms with Crippen LogP contribution in [0.15, 0.2) is 11.6 Å². The molecule has 0 N–H and O–H groups in total. The van der Waals surface area contributed by atoms with E-state index in [4.69, 9.17) is 0 Å². The molecule has 1 rings (SSSR count). The summed E-state index contributed by atoms with van der Waals surface area (Å²) in [6, 6.07) is 0. The zero-order valence-electron chi connectivity index (χ0n) is 8.21. The molecule has 7 heteroatoms. The van der Waals surface area contributed by atoms with Crippen LogP contribution in [0.5, 0.6) is 0 Å². The van der Waals surface area contributed by atoms with Crippen LogP contribution in [-0.2, 0) is 10.0 Å². The summed E-state index contributed by atoms with van der Waals surface area (Å²) in [5, 5.41) is 0. The number of rotatable bonds is 3. The summed E-state index contributed by atoms with van der Waals surface area (Å²) in [5.74, 6) is -0.863. The first-order chi connectivity index (χ1) is 6.71. The smallest absolute Gasteiger partial charge is 0.212 e. The summed E-state index contributed by atoms with van der Waals surface area (Å²) in [5.41, 5.74) is 0.866. The number of halogens is 3. The van der Waals surface area contributed by atoms with Gasteiger partial charge in [-0.3, -0.25) is 0 Å². The van der Waals surface area contributed by atoms with Crippen molar-refractivity contribution in [1.29, 1.82) is 0 Å². The topological polar surface area (TPSA) is 37.4 Å². The molecule has 0 spiro atoms. The molecular weight excluding hydrogens is 231 g/mol. The van der Waals surface area contributed by atoms with Gasteiger partial charge in [-0.2, -0.15) is 17.5 Å². The zero-order valence-corrected chi connectivity index (χ0v) is 9.03. The molecular formula is C8H12F3NO2S. The molecule has 0 radical (unpaired) electrons. The molecule has 1 heterocycles. The quantitative estimate of drug-likeness (QED) is 0.705. The number of alkyl halides is 3. The maximum Gasteiger partial charge on any atom is 0.390 e. The number of nitrogens with zero attached hydrogens (tertiary/aromatic N) is 1. The monoisotopic (exact) mass is 243 g/mol. The Morgan fingerprint density at radius 3 is 2.47 bits per heavy atom. The van der Waals surface area contributed by atoms with Crippen LogP contribution in [0.3, 0.4) is 0 Å². The van der Waals surface area contributed by atoms with Crippen LogP contribution in [0.1, 0.15) is 13.3 Å². The summed E-state index contributed by atoms with van der Waals surface area (Å²) in [6.07, 6.45) is -4.01. The van der Waals surface area contributed by atoms with E-state index >= 15 is 0 Å². The van der Waals surface area contributed by atoms with Gasteiger partial charge in [-0.05, 0) is 6.92 Å². The molecule has 0 bridgehead atoms. The third kappa shape index (κ3) is 3.83. The second kappa shape index (κ2) is 4.13. The van der Waals surface area contributed by atoms with Gasteiger partial charge in [0.2, 0.25) is 10.0 Å². The van der Waals surface area contributed by atoms with Gasteiger partial charge < -0.3 is 0 Å². The van der Waals surface area contributed by atoms with Crippen molar-refractivity contribution in [3.63, 3.8) is 0 Å². The van der Waals surface area contributed by atoms with Crippen molar-refractivity contribution in [3.05, 3.63) is 11.6 Å². The Morgan fingerprint density at radius 1 is 1.47 bits per heavy atom. The Bertz CT molecular complexity index is 359. The molecule has 1 aliphatic rings. The third-order valence-electron chi connectivity index (χ3n) is 2.11. The largest absolute Gasteiger partial charge is 0.390 e. The van der Waals surface area contributed by atoms with Crippen molar-refractivity contribution >= 4 is 10.0 Å². The first-order valence-corrected chi connectivity index (χ1v) is 6.02. The highest BCUT2D eigenvalue weighted by Crippen LogP contribution is 2.22. The summed E-state index contributed by atoms with van der Waals surface area (Å²) in [6.45, 7) is 2.14. The standard InChI is InChI=1S/C8H12F3NO2S/c1-7-2-4-12(6-7)15(13,14)5-3-8(9,10)11/h2H,3-6H2,1H3. The Hall–Kier alpha value is -0.560. The highest BCUT2D eigenvalue weighted by molar-refractivity contribution is 7.89. The number of hydrogen-bond donors (Lipinski definition) is 0. The Balaban J connectivity index is 2.54.